The Bertz CT molecular complexity index is 342. The Hall–Kier alpha value is -0.340. The van der Waals surface area contributed by atoms with Crippen molar-refractivity contribution in [3.63, 3.8) is 0 Å². The van der Waals surface area contributed by atoms with Gasteiger partial charge in [0.2, 0.25) is 0 Å². The van der Waals surface area contributed by atoms with Gasteiger partial charge in [-0.15, -0.1) is 0 Å². The second-order valence-electron chi connectivity index (χ2n) is 4.04. The molecule has 1 aromatic rings. The van der Waals surface area contributed by atoms with E-state index in [0.29, 0.717) is 0 Å². The largest absolute Gasteiger partial charge is 0.385 e. The normalized spacial score (nSPS) is 19.1. The minimum absolute atomic E-state index is 0.522. The molecule has 0 aromatic heterocycles. The molecule has 1 saturated carbocycles. The predicted octanol–water partition coefficient (Wildman–Crippen LogP) is 3.38. The first-order chi connectivity index (χ1) is 6.65. The first kappa shape index (κ1) is 10.2. The molecule has 0 unspecified atom stereocenters. The third-order valence-electron chi connectivity index (χ3n) is 3.13. The third kappa shape index (κ3) is 1.61. The van der Waals surface area contributed by atoms with E-state index in [2.05, 4.69) is 35.0 Å². The van der Waals surface area contributed by atoms with E-state index in [1.165, 1.54) is 5.56 Å². The van der Waals surface area contributed by atoms with E-state index >= 15 is 0 Å². The van der Waals surface area contributed by atoms with Gasteiger partial charge in [0.15, 0.2) is 0 Å². The highest BCUT2D eigenvalue weighted by molar-refractivity contribution is 9.10. The zero-order chi connectivity index (χ0) is 10.2. The molecule has 0 radical (unpaired) electrons. The van der Waals surface area contributed by atoms with Gasteiger partial charge in [-0.1, -0.05) is 28.9 Å². The van der Waals surface area contributed by atoms with Crippen LogP contribution in [-0.4, -0.2) is 5.11 Å². The number of hydrogen-bond donors (Lipinski definition) is 1. The van der Waals surface area contributed by atoms with Crippen LogP contribution in [0.15, 0.2) is 22.7 Å². The minimum atomic E-state index is -0.522. The molecule has 0 spiro atoms. The molecule has 1 fully saturated rings. The van der Waals surface area contributed by atoms with Crippen molar-refractivity contribution in [1.29, 1.82) is 0 Å². The molecule has 0 saturated heterocycles. The van der Waals surface area contributed by atoms with Gasteiger partial charge in [0.25, 0.3) is 0 Å². The molecule has 0 bridgehead atoms. The van der Waals surface area contributed by atoms with Gasteiger partial charge in [0.1, 0.15) is 0 Å². The number of benzene rings is 1. The molecule has 2 rings (SSSR count). The van der Waals surface area contributed by atoms with Crippen LogP contribution < -0.4 is 0 Å². The summed E-state index contributed by atoms with van der Waals surface area (Å²) < 4.78 is 1.10. The second kappa shape index (κ2) is 3.67. The Kier molecular flexibility index (Phi) is 2.67. The van der Waals surface area contributed by atoms with Crippen molar-refractivity contribution in [1.82, 2.24) is 0 Å². The molecule has 1 aliphatic carbocycles. The van der Waals surface area contributed by atoms with Crippen molar-refractivity contribution in [2.24, 2.45) is 0 Å². The fourth-order valence-corrected chi connectivity index (χ4v) is 2.50. The molecule has 0 amide bonds. The van der Waals surface area contributed by atoms with Crippen molar-refractivity contribution in [2.75, 3.05) is 0 Å². The Morgan fingerprint density at radius 2 is 2.14 bits per heavy atom. The Balaban J connectivity index is 2.41. The fourth-order valence-electron chi connectivity index (χ4n) is 2.09. The van der Waals surface area contributed by atoms with Crippen LogP contribution in [0.1, 0.15) is 37.3 Å². The van der Waals surface area contributed by atoms with Crippen LogP contribution in [0, 0.1) is 0 Å². The third-order valence-corrected chi connectivity index (χ3v) is 3.62. The molecule has 0 heterocycles. The van der Waals surface area contributed by atoms with Gasteiger partial charge in [-0.25, -0.2) is 0 Å². The van der Waals surface area contributed by atoms with Gasteiger partial charge in [0, 0.05) is 4.47 Å². The molecule has 0 atom stereocenters. The summed E-state index contributed by atoms with van der Waals surface area (Å²) in [5, 5.41) is 10.3. The molecular formula is C12H15BrO. The van der Waals surface area contributed by atoms with Crippen LogP contribution in [0.2, 0.25) is 0 Å². The highest BCUT2D eigenvalue weighted by Crippen LogP contribution is 2.42. The molecule has 76 valence electrons. The number of aryl methyl sites for hydroxylation is 1. The van der Waals surface area contributed by atoms with Gasteiger partial charge in [-0.3, -0.25) is 0 Å². The summed E-state index contributed by atoms with van der Waals surface area (Å²) in [7, 11) is 0. The van der Waals surface area contributed by atoms with E-state index in [-0.39, 0.29) is 0 Å². The Morgan fingerprint density at radius 3 is 2.64 bits per heavy atom. The van der Waals surface area contributed by atoms with E-state index in [0.717, 1.165) is 35.7 Å². The standard InChI is InChI=1S/C12H15BrO/c1-2-9-8-10(13)4-5-11(9)12(14)6-3-7-12/h4-5,8,14H,2-3,6-7H2,1H3. The molecule has 1 aliphatic rings. The first-order valence-electron chi connectivity index (χ1n) is 5.17. The van der Waals surface area contributed by atoms with Crippen molar-refractivity contribution < 1.29 is 5.11 Å². The summed E-state index contributed by atoms with van der Waals surface area (Å²) in [6.07, 6.45) is 3.97. The maximum absolute atomic E-state index is 10.3. The topological polar surface area (TPSA) is 20.2 Å². The monoisotopic (exact) mass is 254 g/mol. The van der Waals surface area contributed by atoms with Crippen molar-refractivity contribution in [2.45, 2.75) is 38.2 Å². The first-order valence-corrected chi connectivity index (χ1v) is 5.96. The molecule has 1 nitrogen and oxygen atoms in total. The van der Waals surface area contributed by atoms with Crippen LogP contribution in [0.4, 0.5) is 0 Å². The number of rotatable bonds is 2. The number of aliphatic hydroxyl groups is 1. The fraction of sp³-hybridized carbons (Fsp3) is 0.500. The second-order valence-corrected chi connectivity index (χ2v) is 4.96. The molecule has 14 heavy (non-hydrogen) atoms. The average molecular weight is 255 g/mol. The molecule has 1 aromatic carbocycles. The van der Waals surface area contributed by atoms with Crippen LogP contribution in [-0.2, 0) is 12.0 Å². The molecule has 1 N–H and O–H groups in total. The van der Waals surface area contributed by atoms with E-state index in [1.54, 1.807) is 0 Å². The highest BCUT2D eigenvalue weighted by atomic mass is 79.9. The molecule has 2 heteroatoms. The zero-order valence-electron chi connectivity index (χ0n) is 8.39. The summed E-state index contributed by atoms with van der Waals surface area (Å²) in [4.78, 5) is 0. The number of hydrogen-bond acceptors (Lipinski definition) is 1. The molecule has 0 aliphatic heterocycles. The SMILES string of the molecule is CCc1cc(Br)ccc1C1(O)CCC1. The Labute approximate surface area is 93.3 Å². The summed E-state index contributed by atoms with van der Waals surface area (Å²) >= 11 is 3.46. The van der Waals surface area contributed by atoms with Gasteiger partial charge >= 0.3 is 0 Å². The van der Waals surface area contributed by atoms with Gasteiger partial charge in [0.05, 0.1) is 5.60 Å². The zero-order valence-corrected chi connectivity index (χ0v) is 9.97. The van der Waals surface area contributed by atoms with Crippen molar-refractivity contribution in [3.05, 3.63) is 33.8 Å². The van der Waals surface area contributed by atoms with E-state index in [9.17, 15) is 5.11 Å². The summed E-state index contributed by atoms with van der Waals surface area (Å²) in [5.41, 5.74) is 1.88. The van der Waals surface area contributed by atoms with Crippen LogP contribution >= 0.6 is 15.9 Å². The van der Waals surface area contributed by atoms with Crippen molar-refractivity contribution in [3.8, 4) is 0 Å². The Morgan fingerprint density at radius 1 is 1.43 bits per heavy atom. The van der Waals surface area contributed by atoms with Crippen LogP contribution in [0.3, 0.4) is 0 Å². The summed E-state index contributed by atoms with van der Waals surface area (Å²) in [6, 6.07) is 6.19. The highest BCUT2D eigenvalue weighted by Gasteiger charge is 2.37. The van der Waals surface area contributed by atoms with Gasteiger partial charge in [-0.2, -0.15) is 0 Å². The summed E-state index contributed by atoms with van der Waals surface area (Å²) in [5.74, 6) is 0. The quantitative estimate of drug-likeness (QED) is 0.858. The van der Waals surface area contributed by atoms with E-state index < -0.39 is 5.60 Å². The van der Waals surface area contributed by atoms with E-state index in [1.807, 2.05) is 6.07 Å². The van der Waals surface area contributed by atoms with Crippen LogP contribution in [0.25, 0.3) is 0 Å². The summed E-state index contributed by atoms with van der Waals surface area (Å²) in [6.45, 7) is 2.13. The minimum Gasteiger partial charge on any atom is -0.385 e. The lowest BCUT2D eigenvalue weighted by atomic mass is 9.73. The van der Waals surface area contributed by atoms with E-state index in [4.69, 9.17) is 0 Å². The molecular weight excluding hydrogens is 240 g/mol. The maximum Gasteiger partial charge on any atom is 0.0899 e. The van der Waals surface area contributed by atoms with Crippen LogP contribution in [0.5, 0.6) is 0 Å². The number of halogens is 1. The smallest absolute Gasteiger partial charge is 0.0899 e. The lowest BCUT2D eigenvalue weighted by Crippen LogP contribution is -2.34. The maximum atomic E-state index is 10.3. The lowest BCUT2D eigenvalue weighted by molar-refractivity contribution is -0.0394. The van der Waals surface area contributed by atoms with Gasteiger partial charge < -0.3 is 5.11 Å². The van der Waals surface area contributed by atoms with Crippen molar-refractivity contribution >= 4 is 15.9 Å². The average Bonchev–Trinajstić information content (AvgIpc) is 2.14. The van der Waals surface area contributed by atoms with Gasteiger partial charge in [-0.05, 0) is 48.9 Å². The predicted molar refractivity (Wildman–Crippen MR) is 61.3 cm³/mol. The lowest BCUT2D eigenvalue weighted by Gasteiger charge is -2.38.